The minimum atomic E-state index is -0.379. The van der Waals surface area contributed by atoms with E-state index in [0.717, 1.165) is 40.4 Å². The van der Waals surface area contributed by atoms with Crippen molar-refractivity contribution in [2.45, 2.75) is 12.8 Å². The van der Waals surface area contributed by atoms with Gasteiger partial charge in [0.2, 0.25) is 0 Å². The van der Waals surface area contributed by atoms with Gasteiger partial charge in [0.25, 0.3) is 5.91 Å². The Morgan fingerprint density at radius 1 is 1.03 bits per heavy atom. The number of hydrogen-bond donors (Lipinski definition) is 0. The number of rotatable bonds is 3. The Bertz CT molecular complexity index is 1520. The van der Waals surface area contributed by atoms with E-state index < -0.39 is 0 Å². The number of ether oxygens (including phenoxy) is 1. The molecule has 1 aromatic heterocycles. The van der Waals surface area contributed by atoms with Crippen molar-refractivity contribution in [2.75, 3.05) is 50.6 Å². The van der Waals surface area contributed by atoms with Crippen molar-refractivity contribution in [1.82, 2.24) is 9.80 Å². The second-order valence-corrected chi connectivity index (χ2v) is 10.2. The van der Waals surface area contributed by atoms with Crippen molar-refractivity contribution in [2.24, 2.45) is 0 Å². The van der Waals surface area contributed by atoms with Crippen LogP contribution in [0.3, 0.4) is 0 Å². The molecule has 7 nitrogen and oxygen atoms in total. The fourth-order valence-corrected chi connectivity index (χ4v) is 5.62. The standard InChI is InChI=1S/C29H28ClN3O4/c1-18-7-8-24-19(13-18)14-26(36-24)28(34)33-17-20(16-30)27-22-6-4-3-5-21(22)25(15-23(27)33)37-29(35)32-11-9-31(2)10-12-32/h3-8,13-15,20H,9-12,16-17H2,1-2H3/t20-/m1/s1. The number of nitrogens with zero attached hydrogens (tertiary/aromatic N) is 3. The molecule has 3 heterocycles. The third-order valence-corrected chi connectivity index (χ3v) is 7.77. The first-order valence-corrected chi connectivity index (χ1v) is 13.1. The molecule has 0 radical (unpaired) electrons. The maximum Gasteiger partial charge on any atom is 0.415 e. The molecule has 0 unspecified atom stereocenters. The van der Waals surface area contributed by atoms with Crippen molar-refractivity contribution in [3.8, 4) is 5.75 Å². The molecule has 0 N–H and O–H groups in total. The van der Waals surface area contributed by atoms with Crippen LogP contribution < -0.4 is 9.64 Å². The Balaban J connectivity index is 1.40. The topological polar surface area (TPSA) is 66.2 Å². The Labute approximate surface area is 220 Å². The summed E-state index contributed by atoms with van der Waals surface area (Å²) in [6.07, 6.45) is -0.379. The second-order valence-electron chi connectivity index (χ2n) is 9.93. The molecule has 1 fully saturated rings. The molecule has 0 bridgehead atoms. The number of benzene rings is 3. The monoisotopic (exact) mass is 517 g/mol. The highest BCUT2D eigenvalue weighted by molar-refractivity contribution is 6.19. The predicted molar refractivity (Wildman–Crippen MR) is 145 cm³/mol. The first-order chi connectivity index (χ1) is 17.9. The number of halogens is 1. The lowest BCUT2D eigenvalue weighted by molar-refractivity contribution is 0.0964. The number of anilines is 1. The number of hydrogen-bond acceptors (Lipinski definition) is 5. The Kier molecular flexibility index (Phi) is 6.05. The van der Waals surface area contributed by atoms with Crippen molar-refractivity contribution in [3.05, 3.63) is 71.5 Å². The molecular weight excluding hydrogens is 490 g/mol. The number of piperazine rings is 1. The van der Waals surface area contributed by atoms with E-state index in [4.69, 9.17) is 20.8 Å². The van der Waals surface area contributed by atoms with Crippen LogP contribution in [0.25, 0.3) is 21.7 Å². The SMILES string of the molecule is Cc1ccc2oc(C(=O)N3C[C@@H](CCl)c4c3cc(OC(=O)N3CCN(C)CC3)c3ccccc43)cc2c1. The molecule has 37 heavy (non-hydrogen) atoms. The molecular formula is C29H28ClN3O4. The fourth-order valence-electron chi connectivity index (χ4n) is 5.36. The van der Waals surface area contributed by atoms with E-state index in [1.807, 2.05) is 62.5 Å². The largest absolute Gasteiger partial charge is 0.451 e. The normalized spacial score (nSPS) is 18.0. The number of alkyl halides is 1. The van der Waals surface area contributed by atoms with Gasteiger partial charge in [-0.1, -0.05) is 35.9 Å². The van der Waals surface area contributed by atoms with Gasteiger partial charge in [-0.2, -0.15) is 0 Å². The lowest BCUT2D eigenvalue weighted by atomic mass is 9.95. The van der Waals surface area contributed by atoms with Crippen molar-refractivity contribution in [1.29, 1.82) is 0 Å². The first kappa shape index (κ1) is 23.8. The third-order valence-electron chi connectivity index (χ3n) is 7.40. The van der Waals surface area contributed by atoms with Crippen LogP contribution in [0.4, 0.5) is 10.5 Å². The van der Waals surface area contributed by atoms with Crippen LogP contribution in [0.5, 0.6) is 5.75 Å². The minimum Gasteiger partial charge on any atom is -0.451 e. The second kappa shape index (κ2) is 9.39. The summed E-state index contributed by atoms with van der Waals surface area (Å²) in [6.45, 7) is 5.26. The maximum absolute atomic E-state index is 13.7. The third kappa shape index (κ3) is 4.22. The van der Waals surface area contributed by atoms with E-state index in [2.05, 4.69) is 4.90 Å². The van der Waals surface area contributed by atoms with Gasteiger partial charge in [0.05, 0.1) is 5.69 Å². The molecule has 0 aliphatic carbocycles. The highest BCUT2D eigenvalue weighted by Gasteiger charge is 2.36. The van der Waals surface area contributed by atoms with E-state index in [9.17, 15) is 9.59 Å². The smallest absolute Gasteiger partial charge is 0.415 e. The number of likely N-dealkylation sites (N-methyl/N-ethyl adjacent to an activating group) is 1. The molecule has 1 atom stereocenters. The maximum atomic E-state index is 13.7. The number of amides is 2. The van der Waals surface area contributed by atoms with E-state index in [-0.39, 0.29) is 23.7 Å². The van der Waals surface area contributed by atoms with Crippen LogP contribution >= 0.6 is 11.6 Å². The van der Waals surface area contributed by atoms with Crippen LogP contribution in [0.1, 0.15) is 27.6 Å². The number of fused-ring (bicyclic) bond motifs is 4. The number of carbonyl (C=O) groups is 2. The van der Waals surface area contributed by atoms with E-state index in [0.29, 0.717) is 42.5 Å². The molecule has 3 aromatic carbocycles. The molecule has 6 rings (SSSR count). The highest BCUT2D eigenvalue weighted by Crippen LogP contribution is 2.46. The average molecular weight is 518 g/mol. The molecule has 4 aromatic rings. The van der Waals surface area contributed by atoms with Crippen molar-refractivity contribution >= 4 is 51.0 Å². The Hall–Kier alpha value is -3.55. The van der Waals surface area contributed by atoms with E-state index >= 15 is 0 Å². The minimum absolute atomic E-state index is 0.0560. The molecule has 190 valence electrons. The molecule has 2 aliphatic heterocycles. The molecule has 8 heteroatoms. The first-order valence-electron chi connectivity index (χ1n) is 12.5. The summed E-state index contributed by atoms with van der Waals surface area (Å²) in [7, 11) is 2.04. The molecule has 0 spiro atoms. The molecule has 2 aliphatic rings. The fraction of sp³-hybridized carbons (Fsp3) is 0.310. The van der Waals surface area contributed by atoms with Crippen LogP contribution in [0, 0.1) is 6.92 Å². The number of furan rings is 1. The summed E-state index contributed by atoms with van der Waals surface area (Å²) >= 11 is 6.41. The molecule has 0 saturated carbocycles. The van der Waals surface area contributed by atoms with Crippen molar-refractivity contribution in [3.63, 3.8) is 0 Å². The summed E-state index contributed by atoms with van der Waals surface area (Å²) in [5.41, 5.74) is 3.46. The summed E-state index contributed by atoms with van der Waals surface area (Å²) < 4.78 is 11.9. The summed E-state index contributed by atoms with van der Waals surface area (Å²) in [5, 5.41) is 2.65. The summed E-state index contributed by atoms with van der Waals surface area (Å²) in [6, 6.07) is 17.2. The Morgan fingerprint density at radius 3 is 2.54 bits per heavy atom. The lowest BCUT2D eigenvalue weighted by Gasteiger charge is -2.31. The van der Waals surface area contributed by atoms with Gasteiger partial charge in [0.15, 0.2) is 5.76 Å². The average Bonchev–Trinajstić information content (AvgIpc) is 3.50. The van der Waals surface area contributed by atoms with Crippen molar-refractivity contribution < 1.29 is 18.7 Å². The molecule has 2 amide bonds. The zero-order valence-electron chi connectivity index (χ0n) is 20.9. The quantitative estimate of drug-likeness (QED) is 0.330. The summed E-state index contributed by atoms with van der Waals surface area (Å²) in [5.74, 6) is 0.770. The van der Waals surface area contributed by atoms with Gasteiger partial charge in [-0.15, -0.1) is 11.6 Å². The number of aryl methyl sites for hydroxylation is 1. The van der Waals surface area contributed by atoms with Gasteiger partial charge in [0.1, 0.15) is 11.3 Å². The number of carbonyl (C=O) groups excluding carboxylic acids is 2. The summed E-state index contributed by atoms with van der Waals surface area (Å²) in [4.78, 5) is 32.4. The van der Waals surface area contributed by atoms with Crippen LogP contribution in [-0.2, 0) is 0 Å². The highest BCUT2D eigenvalue weighted by atomic mass is 35.5. The van der Waals surface area contributed by atoms with Gasteiger partial charge in [-0.25, -0.2) is 4.79 Å². The van der Waals surface area contributed by atoms with Gasteiger partial charge in [0, 0.05) is 61.4 Å². The van der Waals surface area contributed by atoms with Crippen LogP contribution in [-0.4, -0.2) is 67.5 Å². The van der Waals surface area contributed by atoms with E-state index in [1.54, 1.807) is 15.9 Å². The zero-order chi connectivity index (χ0) is 25.7. The van der Waals surface area contributed by atoms with Gasteiger partial charge in [-0.05, 0) is 43.1 Å². The van der Waals surface area contributed by atoms with Crippen LogP contribution in [0.2, 0.25) is 0 Å². The van der Waals surface area contributed by atoms with Gasteiger partial charge >= 0.3 is 6.09 Å². The van der Waals surface area contributed by atoms with E-state index in [1.165, 1.54) is 0 Å². The Morgan fingerprint density at radius 2 is 1.78 bits per heavy atom. The van der Waals surface area contributed by atoms with Gasteiger partial charge < -0.3 is 23.9 Å². The lowest BCUT2D eigenvalue weighted by Crippen LogP contribution is -2.48. The van der Waals surface area contributed by atoms with Gasteiger partial charge in [-0.3, -0.25) is 4.79 Å². The molecule has 1 saturated heterocycles. The van der Waals surface area contributed by atoms with Crippen LogP contribution in [0.15, 0.2) is 59.0 Å². The zero-order valence-corrected chi connectivity index (χ0v) is 21.6. The predicted octanol–water partition coefficient (Wildman–Crippen LogP) is 5.62.